The highest BCUT2D eigenvalue weighted by molar-refractivity contribution is 5.24. The van der Waals surface area contributed by atoms with Gasteiger partial charge in [-0.25, -0.2) is 4.98 Å². The highest BCUT2D eigenvalue weighted by atomic mass is 15.2. The van der Waals surface area contributed by atoms with Gasteiger partial charge in [0, 0.05) is 36.7 Å². The van der Waals surface area contributed by atoms with Gasteiger partial charge in [-0.3, -0.25) is 0 Å². The summed E-state index contributed by atoms with van der Waals surface area (Å²) in [7, 11) is 0. The quantitative estimate of drug-likeness (QED) is 0.848. The first kappa shape index (κ1) is 15.1. The van der Waals surface area contributed by atoms with Crippen molar-refractivity contribution in [1.82, 2.24) is 14.9 Å². The van der Waals surface area contributed by atoms with E-state index < -0.39 is 0 Å². The molecule has 2 heterocycles. The lowest BCUT2D eigenvalue weighted by atomic mass is 9.75. The van der Waals surface area contributed by atoms with Crippen LogP contribution < -0.4 is 5.32 Å². The Balaban J connectivity index is 1.98. The van der Waals surface area contributed by atoms with E-state index in [-0.39, 0.29) is 5.41 Å². The molecule has 1 fully saturated rings. The minimum Gasteiger partial charge on any atom is -0.328 e. The largest absolute Gasteiger partial charge is 0.328 e. The van der Waals surface area contributed by atoms with Gasteiger partial charge in [-0.1, -0.05) is 34.6 Å². The van der Waals surface area contributed by atoms with E-state index in [4.69, 9.17) is 4.98 Å². The van der Waals surface area contributed by atoms with E-state index in [1.165, 1.54) is 42.9 Å². The summed E-state index contributed by atoms with van der Waals surface area (Å²) >= 11 is 0. The molecule has 3 heteroatoms. The fraction of sp³-hybridized carbons (Fsp3) is 0.833. The fourth-order valence-electron chi connectivity index (χ4n) is 3.90. The molecule has 1 aromatic heterocycles. The number of rotatable bonds is 1. The first-order valence-electron chi connectivity index (χ1n) is 8.59. The zero-order valence-corrected chi connectivity index (χ0v) is 14.4. The Labute approximate surface area is 129 Å². The van der Waals surface area contributed by atoms with Gasteiger partial charge in [0.15, 0.2) is 0 Å². The topological polar surface area (TPSA) is 29.9 Å². The Hall–Kier alpha value is -0.830. The average molecular weight is 289 g/mol. The van der Waals surface area contributed by atoms with Crippen LogP contribution in [0.2, 0.25) is 0 Å². The second kappa shape index (κ2) is 5.12. The van der Waals surface area contributed by atoms with Gasteiger partial charge < -0.3 is 9.88 Å². The molecule has 2 aliphatic rings. The van der Waals surface area contributed by atoms with E-state index in [1.807, 2.05) is 0 Å². The van der Waals surface area contributed by atoms with E-state index in [0.29, 0.717) is 11.5 Å². The zero-order chi connectivity index (χ0) is 15.3. The maximum absolute atomic E-state index is 5.03. The summed E-state index contributed by atoms with van der Waals surface area (Å²) in [4.78, 5) is 5.03. The standard InChI is InChI=1S/C18H31N3/c1-17(2,3)16-20-14-12-19-11-8-15(14)21(16)13-6-9-18(4,5)10-7-13/h13,19H,6-12H2,1-5H3. The monoisotopic (exact) mass is 289 g/mol. The summed E-state index contributed by atoms with van der Waals surface area (Å²) in [5.74, 6) is 1.31. The number of hydrogen-bond acceptors (Lipinski definition) is 2. The smallest absolute Gasteiger partial charge is 0.114 e. The van der Waals surface area contributed by atoms with Crippen molar-refractivity contribution >= 4 is 0 Å². The van der Waals surface area contributed by atoms with Gasteiger partial charge in [0.25, 0.3) is 0 Å². The van der Waals surface area contributed by atoms with Crippen molar-refractivity contribution < 1.29 is 0 Å². The third kappa shape index (κ3) is 2.90. The molecule has 3 rings (SSSR count). The second-order valence-corrected chi connectivity index (χ2v) is 8.77. The molecule has 0 bridgehead atoms. The molecule has 1 saturated carbocycles. The van der Waals surface area contributed by atoms with Crippen LogP contribution in [0.15, 0.2) is 0 Å². The van der Waals surface area contributed by atoms with Gasteiger partial charge in [0.05, 0.1) is 5.69 Å². The van der Waals surface area contributed by atoms with Crippen LogP contribution in [0.25, 0.3) is 0 Å². The van der Waals surface area contributed by atoms with Crippen LogP contribution in [0.1, 0.15) is 83.6 Å². The number of hydrogen-bond donors (Lipinski definition) is 1. The first-order chi connectivity index (χ1) is 9.78. The van der Waals surface area contributed by atoms with Crippen LogP contribution in [0, 0.1) is 5.41 Å². The summed E-state index contributed by atoms with van der Waals surface area (Å²) < 4.78 is 2.64. The molecule has 1 aliphatic carbocycles. The maximum atomic E-state index is 5.03. The predicted octanol–water partition coefficient (Wildman–Crippen LogP) is 3.97. The second-order valence-electron chi connectivity index (χ2n) is 8.77. The summed E-state index contributed by atoms with van der Waals surface area (Å²) in [5, 5.41) is 3.47. The zero-order valence-electron chi connectivity index (χ0n) is 14.4. The van der Waals surface area contributed by atoms with Crippen LogP contribution >= 0.6 is 0 Å². The minimum atomic E-state index is 0.129. The van der Waals surface area contributed by atoms with Crippen molar-refractivity contribution in [3.8, 4) is 0 Å². The van der Waals surface area contributed by atoms with Crippen LogP contribution in [0.5, 0.6) is 0 Å². The molecule has 0 atom stereocenters. The molecule has 0 unspecified atom stereocenters. The molecular weight excluding hydrogens is 258 g/mol. The lowest BCUT2D eigenvalue weighted by molar-refractivity contribution is 0.187. The molecule has 1 N–H and O–H groups in total. The third-order valence-corrected chi connectivity index (χ3v) is 5.27. The van der Waals surface area contributed by atoms with E-state index in [9.17, 15) is 0 Å². The van der Waals surface area contributed by atoms with Crippen molar-refractivity contribution in [1.29, 1.82) is 0 Å². The Bertz CT molecular complexity index is 509. The number of imidazole rings is 1. The van der Waals surface area contributed by atoms with Crippen LogP contribution in [0.4, 0.5) is 0 Å². The third-order valence-electron chi connectivity index (χ3n) is 5.27. The summed E-state index contributed by atoms with van der Waals surface area (Å²) in [6, 6.07) is 0.668. The number of aromatic nitrogens is 2. The van der Waals surface area contributed by atoms with Gasteiger partial charge in [0.2, 0.25) is 0 Å². The lowest BCUT2D eigenvalue weighted by Crippen LogP contribution is -2.30. The summed E-state index contributed by atoms with van der Waals surface area (Å²) in [6.45, 7) is 13.8. The molecular formula is C18H31N3. The number of nitrogens with one attached hydrogen (secondary N) is 1. The highest BCUT2D eigenvalue weighted by Gasteiger charge is 2.34. The van der Waals surface area contributed by atoms with E-state index in [0.717, 1.165) is 19.5 Å². The molecule has 3 nitrogen and oxygen atoms in total. The molecule has 21 heavy (non-hydrogen) atoms. The predicted molar refractivity (Wildman–Crippen MR) is 87.6 cm³/mol. The number of fused-ring (bicyclic) bond motifs is 1. The molecule has 0 amide bonds. The van der Waals surface area contributed by atoms with Crippen LogP contribution in [-0.2, 0) is 18.4 Å². The SMILES string of the molecule is CC1(C)CCC(n2c(C(C)(C)C)nc3c2CCNC3)CC1. The van der Waals surface area contributed by atoms with E-state index in [2.05, 4.69) is 44.5 Å². The van der Waals surface area contributed by atoms with Gasteiger partial charge in [-0.05, 0) is 31.1 Å². The Morgan fingerprint density at radius 2 is 1.86 bits per heavy atom. The molecule has 0 aromatic carbocycles. The van der Waals surface area contributed by atoms with Crippen molar-refractivity contribution in [2.24, 2.45) is 5.41 Å². The molecule has 1 aliphatic heterocycles. The minimum absolute atomic E-state index is 0.129. The molecule has 0 spiro atoms. The number of nitrogens with zero attached hydrogens (tertiary/aromatic N) is 2. The first-order valence-corrected chi connectivity index (χ1v) is 8.59. The van der Waals surface area contributed by atoms with Gasteiger partial charge in [0.1, 0.15) is 5.82 Å². The fourth-order valence-corrected chi connectivity index (χ4v) is 3.90. The van der Waals surface area contributed by atoms with Crippen LogP contribution in [0.3, 0.4) is 0 Å². The van der Waals surface area contributed by atoms with E-state index in [1.54, 1.807) is 0 Å². The molecule has 0 radical (unpaired) electrons. The van der Waals surface area contributed by atoms with Crippen LogP contribution in [-0.4, -0.2) is 16.1 Å². The molecule has 118 valence electrons. The van der Waals surface area contributed by atoms with Crippen molar-refractivity contribution in [2.45, 2.75) is 84.7 Å². The summed E-state index contributed by atoms with van der Waals surface area (Å²) in [5.41, 5.74) is 3.48. The van der Waals surface area contributed by atoms with E-state index >= 15 is 0 Å². The lowest BCUT2D eigenvalue weighted by Gasteiger charge is -2.37. The van der Waals surface area contributed by atoms with Gasteiger partial charge in [-0.2, -0.15) is 0 Å². The van der Waals surface area contributed by atoms with Crippen molar-refractivity contribution in [3.63, 3.8) is 0 Å². The van der Waals surface area contributed by atoms with Gasteiger partial charge >= 0.3 is 0 Å². The molecule has 1 aromatic rings. The molecule has 0 saturated heterocycles. The average Bonchev–Trinajstić information content (AvgIpc) is 2.78. The maximum Gasteiger partial charge on any atom is 0.114 e. The van der Waals surface area contributed by atoms with Crippen molar-refractivity contribution in [2.75, 3.05) is 6.54 Å². The Kier molecular flexibility index (Phi) is 3.67. The Morgan fingerprint density at radius 1 is 1.19 bits per heavy atom. The van der Waals surface area contributed by atoms with Crippen molar-refractivity contribution in [3.05, 3.63) is 17.2 Å². The normalized spacial score (nSPS) is 23.1. The summed E-state index contributed by atoms with van der Waals surface area (Å²) in [6.07, 6.45) is 6.44. The van der Waals surface area contributed by atoms with Gasteiger partial charge in [-0.15, -0.1) is 0 Å². The highest BCUT2D eigenvalue weighted by Crippen LogP contribution is 2.42. The Morgan fingerprint density at radius 3 is 2.48 bits per heavy atom.